The molecule has 9 nitrogen and oxygen atoms in total. The number of nitrogens with zero attached hydrogens (tertiary/aromatic N) is 2. The molecule has 0 radical (unpaired) electrons. The Kier molecular flexibility index (Phi) is 10.7. The van der Waals surface area contributed by atoms with Crippen molar-refractivity contribution in [2.45, 2.75) is 44.7 Å². The maximum absolute atomic E-state index is 14.0. The van der Waals surface area contributed by atoms with Gasteiger partial charge in [0.15, 0.2) is 11.5 Å². The van der Waals surface area contributed by atoms with Gasteiger partial charge in [-0.3, -0.25) is 13.9 Å². The number of methoxy groups -OCH3 is 2. The van der Waals surface area contributed by atoms with Crippen LogP contribution in [0.4, 0.5) is 10.1 Å². The Balaban J connectivity index is 2.07. The molecule has 41 heavy (non-hydrogen) atoms. The molecule has 0 aliphatic rings. The normalized spacial score (nSPS) is 11.9. The van der Waals surface area contributed by atoms with E-state index in [9.17, 15) is 22.4 Å². The second kappa shape index (κ2) is 14.0. The maximum Gasteiger partial charge on any atom is 0.264 e. The molecule has 11 heteroatoms. The van der Waals surface area contributed by atoms with E-state index in [0.717, 1.165) is 9.87 Å². The molecule has 3 aromatic carbocycles. The van der Waals surface area contributed by atoms with Crippen LogP contribution < -0.4 is 19.1 Å². The molecule has 220 valence electrons. The van der Waals surface area contributed by atoms with Crippen LogP contribution >= 0.6 is 0 Å². The second-order valence-electron chi connectivity index (χ2n) is 9.48. The molecule has 0 fully saturated rings. The Morgan fingerprint density at radius 3 is 2.17 bits per heavy atom. The highest BCUT2D eigenvalue weighted by Gasteiger charge is 2.33. The molecule has 0 saturated heterocycles. The number of rotatable bonds is 13. The number of benzene rings is 3. The zero-order valence-electron chi connectivity index (χ0n) is 23.9. The average Bonchev–Trinajstić information content (AvgIpc) is 2.97. The highest BCUT2D eigenvalue weighted by atomic mass is 32.2. The van der Waals surface area contributed by atoms with Gasteiger partial charge >= 0.3 is 0 Å². The van der Waals surface area contributed by atoms with Crippen molar-refractivity contribution < 1.29 is 31.9 Å². The standard InChI is InChI=1S/C30H36FN3O6S/c1-6-17-32-30(36)22(3)33(19-23-9-11-24(31)12-10-23)29(35)20-34(25-13-16-27(39-4)28(18-25)40-5)41(37,38)26-14-7-21(2)8-15-26/h7-16,18,22H,6,17,19-20H2,1-5H3,(H,32,36). The number of carbonyl (C=O) groups excluding carboxylic acids is 2. The summed E-state index contributed by atoms with van der Waals surface area (Å²) in [5.74, 6) is -0.795. The van der Waals surface area contributed by atoms with Gasteiger partial charge in [-0.1, -0.05) is 36.8 Å². The van der Waals surface area contributed by atoms with Crippen molar-refractivity contribution in [1.29, 1.82) is 0 Å². The first-order valence-corrected chi connectivity index (χ1v) is 14.6. The van der Waals surface area contributed by atoms with E-state index in [2.05, 4.69) is 5.32 Å². The molecule has 0 spiro atoms. The summed E-state index contributed by atoms with van der Waals surface area (Å²) in [4.78, 5) is 28.1. The van der Waals surface area contributed by atoms with Crippen LogP contribution in [0.3, 0.4) is 0 Å². The molecule has 1 N–H and O–H groups in total. The molecule has 3 rings (SSSR count). The summed E-state index contributed by atoms with van der Waals surface area (Å²) < 4.78 is 53.1. The minimum atomic E-state index is -4.24. The average molecular weight is 586 g/mol. The van der Waals surface area contributed by atoms with Crippen molar-refractivity contribution in [3.63, 3.8) is 0 Å². The van der Waals surface area contributed by atoms with E-state index < -0.39 is 34.3 Å². The molecular formula is C30H36FN3O6S. The Hall–Kier alpha value is -4.12. The molecule has 1 atom stereocenters. The lowest BCUT2D eigenvalue weighted by molar-refractivity contribution is -0.139. The fourth-order valence-corrected chi connectivity index (χ4v) is 5.52. The number of anilines is 1. The number of hydrogen-bond donors (Lipinski definition) is 1. The molecule has 0 aliphatic heterocycles. The van der Waals surface area contributed by atoms with Gasteiger partial charge in [-0.25, -0.2) is 12.8 Å². The molecule has 0 saturated carbocycles. The van der Waals surface area contributed by atoms with Gasteiger partial charge in [0.05, 0.1) is 24.8 Å². The largest absolute Gasteiger partial charge is 0.493 e. The number of halogens is 1. The Morgan fingerprint density at radius 2 is 1.59 bits per heavy atom. The van der Waals surface area contributed by atoms with Crippen LogP contribution in [0.1, 0.15) is 31.4 Å². The van der Waals surface area contributed by atoms with Gasteiger partial charge in [-0.15, -0.1) is 0 Å². The third-order valence-electron chi connectivity index (χ3n) is 6.53. The van der Waals surface area contributed by atoms with Crippen LogP contribution in [0, 0.1) is 12.7 Å². The van der Waals surface area contributed by atoms with Crippen molar-refractivity contribution in [2.75, 3.05) is 31.6 Å². The van der Waals surface area contributed by atoms with Crippen LogP contribution in [0.15, 0.2) is 71.6 Å². The first kappa shape index (κ1) is 31.4. The summed E-state index contributed by atoms with van der Waals surface area (Å²) in [6, 6.07) is 15.4. The zero-order chi connectivity index (χ0) is 30.2. The van der Waals surface area contributed by atoms with E-state index in [-0.39, 0.29) is 28.8 Å². The number of aryl methyl sites for hydroxylation is 1. The fraction of sp³-hybridized carbons (Fsp3) is 0.333. The molecule has 0 aliphatic carbocycles. The number of ether oxygens (including phenoxy) is 2. The van der Waals surface area contributed by atoms with Crippen molar-refractivity contribution in [1.82, 2.24) is 10.2 Å². The highest BCUT2D eigenvalue weighted by molar-refractivity contribution is 7.92. The van der Waals surface area contributed by atoms with Gasteiger partial charge in [0.2, 0.25) is 11.8 Å². The first-order chi connectivity index (χ1) is 19.5. The van der Waals surface area contributed by atoms with E-state index in [0.29, 0.717) is 24.3 Å². The minimum absolute atomic E-state index is 0.00972. The topological polar surface area (TPSA) is 105 Å². The van der Waals surface area contributed by atoms with Crippen molar-refractivity contribution in [2.24, 2.45) is 0 Å². The number of sulfonamides is 1. The van der Waals surface area contributed by atoms with Crippen molar-refractivity contribution in [3.05, 3.63) is 83.7 Å². The van der Waals surface area contributed by atoms with Crippen LogP contribution in [0.2, 0.25) is 0 Å². The molecule has 0 aromatic heterocycles. The van der Waals surface area contributed by atoms with Crippen molar-refractivity contribution in [3.8, 4) is 11.5 Å². The summed E-state index contributed by atoms with van der Waals surface area (Å²) >= 11 is 0. The van der Waals surface area contributed by atoms with Crippen molar-refractivity contribution >= 4 is 27.5 Å². The van der Waals surface area contributed by atoms with Gasteiger partial charge in [0.25, 0.3) is 10.0 Å². The summed E-state index contributed by atoms with van der Waals surface area (Å²) in [7, 11) is -1.36. The van der Waals surface area contributed by atoms with Crippen LogP contribution in [0.25, 0.3) is 0 Å². The first-order valence-electron chi connectivity index (χ1n) is 13.1. The third kappa shape index (κ3) is 7.75. The van der Waals surface area contributed by atoms with Gasteiger partial charge in [0.1, 0.15) is 18.4 Å². The number of hydrogen-bond acceptors (Lipinski definition) is 6. The predicted molar refractivity (Wildman–Crippen MR) is 155 cm³/mol. The SMILES string of the molecule is CCCNC(=O)C(C)N(Cc1ccc(F)cc1)C(=O)CN(c1ccc(OC)c(OC)c1)S(=O)(=O)c1ccc(C)cc1. The molecule has 2 amide bonds. The molecular weight excluding hydrogens is 549 g/mol. The number of amides is 2. The quantitative estimate of drug-likeness (QED) is 0.321. The third-order valence-corrected chi connectivity index (χ3v) is 8.31. The fourth-order valence-electron chi connectivity index (χ4n) is 4.11. The van der Waals surface area contributed by atoms with Gasteiger partial charge in [0, 0.05) is 19.2 Å². The summed E-state index contributed by atoms with van der Waals surface area (Å²) in [5.41, 5.74) is 1.62. The maximum atomic E-state index is 14.0. The van der Waals surface area contributed by atoms with E-state index in [1.165, 1.54) is 67.7 Å². The van der Waals surface area contributed by atoms with E-state index >= 15 is 0 Å². The molecule has 1 unspecified atom stereocenters. The lowest BCUT2D eigenvalue weighted by Gasteiger charge is -2.32. The summed E-state index contributed by atoms with van der Waals surface area (Å²) in [6.45, 7) is 5.08. The monoisotopic (exact) mass is 585 g/mol. The zero-order valence-corrected chi connectivity index (χ0v) is 24.7. The summed E-state index contributed by atoms with van der Waals surface area (Å²) in [5, 5.41) is 2.78. The summed E-state index contributed by atoms with van der Waals surface area (Å²) in [6.07, 6.45) is 0.701. The molecule has 0 bridgehead atoms. The Labute approximate surface area is 240 Å². The lowest BCUT2D eigenvalue weighted by Crippen LogP contribution is -2.51. The van der Waals surface area contributed by atoms with E-state index in [1.54, 1.807) is 25.1 Å². The van der Waals surface area contributed by atoms with Crippen LogP contribution in [-0.2, 0) is 26.2 Å². The van der Waals surface area contributed by atoms with E-state index in [4.69, 9.17) is 9.47 Å². The molecule has 3 aromatic rings. The Morgan fingerprint density at radius 1 is 0.951 bits per heavy atom. The minimum Gasteiger partial charge on any atom is -0.493 e. The van der Waals surface area contributed by atoms with Gasteiger partial charge in [-0.2, -0.15) is 0 Å². The van der Waals surface area contributed by atoms with E-state index in [1.807, 2.05) is 13.8 Å². The van der Waals surface area contributed by atoms with Gasteiger partial charge in [-0.05, 0) is 62.2 Å². The number of carbonyl (C=O) groups is 2. The van der Waals surface area contributed by atoms with Crippen LogP contribution in [0.5, 0.6) is 11.5 Å². The predicted octanol–water partition coefficient (Wildman–Crippen LogP) is 4.29. The van der Waals surface area contributed by atoms with Crippen LogP contribution in [-0.4, -0.2) is 58.5 Å². The lowest BCUT2D eigenvalue weighted by atomic mass is 10.1. The Bertz CT molecular complexity index is 1450. The molecule has 0 heterocycles. The second-order valence-corrected chi connectivity index (χ2v) is 11.3. The van der Waals surface area contributed by atoms with Gasteiger partial charge < -0.3 is 19.7 Å². The highest BCUT2D eigenvalue weighted by Crippen LogP contribution is 2.34. The number of nitrogens with one attached hydrogen (secondary N) is 1. The smallest absolute Gasteiger partial charge is 0.264 e.